The van der Waals surface area contributed by atoms with E-state index in [4.69, 9.17) is 10.5 Å². The Balaban J connectivity index is 1.75. The summed E-state index contributed by atoms with van der Waals surface area (Å²) in [5.74, 6) is -1.19. The fourth-order valence-electron chi connectivity index (χ4n) is 3.61. The van der Waals surface area contributed by atoms with Crippen molar-refractivity contribution in [3.63, 3.8) is 0 Å². The van der Waals surface area contributed by atoms with E-state index in [2.05, 4.69) is 15.6 Å². The Morgan fingerprint density at radius 1 is 1.09 bits per heavy atom. The molecule has 0 spiro atoms. The van der Waals surface area contributed by atoms with Crippen LogP contribution in [0.2, 0.25) is 0 Å². The Bertz CT molecular complexity index is 1240. The molecule has 0 aliphatic heterocycles. The smallest absolute Gasteiger partial charge is 0.412 e. The van der Waals surface area contributed by atoms with Crippen molar-refractivity contribution in [1.29, 1.82) is 0 Å². The third-order valence-corrected chi connectivity index (χ3v) is 5.71. The first kappa shape index (κ1) is 23.2. The third kappa shape index (κ3) is 5.31. The largest absolute Gasteiger partial charge is 0.443 e. The van der Waals surface area contributed by atoms with Crippen LogP contribution in [0.15, 0.2) is 54.7 Å². The van der Waals surface area contributed by atoms with E-state index in [1.165, 1.54) is 12.1 Å². The SMILES string of the molecule is CC1(OC(=O)Nc2ccc(-c3cccnc3CNC(N)=O)c(Cc3ccccc3F)c2F)CC1. The molecule has 0 atom stereocenters. The van der Waals surface area contributed by atoms with Crippen molar-refractivity contribution in [1.82, 2.24) is 10.3 Å². The van der Waals surface area contributed by atoms with E-state index in [-0.39, 0.29) is 29.8 Å². The number of nitrogens with zero attached hydrogens (tertiary/aromatic N) is 1. The van der Waals surface area contributed by atoms with Gasteiger partial charge in [0.25, 0.3) is 0 Å². The summed E-state index contributed by atoms with van der Waals surface area (Å²) in [5, 5.41) is 4.94. The number of aromatic nitrogens is 1. The van der Waals surface area contributed by atoms with Crippen LogP contribution in [0.25, 0.3) is 11.1 Å². The second kappa shape index (κ2) is 9.46. The van der Waals surface area contributed by atoms with Crippen LogP contribution in [0.4, 0.5) is 24.1 Å². The van der Waals surface area contributed by atoms with Crippen LogP contribution in [-0.2, 0) is 17.7 Å². The molecule has 1 aliphatic rings. The number of carbonyl (C=O) groups is 2. The maximum absolute atomic E-state index is 15.8. The summed E-state index contributed by atoms with van der Waals surface area (Å²) in [6.07, 6.45) is 2.22. The monoisotopic (exact) mass is 466 g/mol. The van der Waals surface area contributed by atoms with Crippen molar-refractivity contribution >= 4 is 17.8 Å². The first-order valence-electron chi connectivity index (χ1n) is 10.8. The number of amides is 3. The minimum absolute atomic E-state index is 0.0250. The second-order valence-electron chi connectivity index (χ2n) is 8.40. The van der Waals surface area contributed by atoms with Gasteiger partial charge in [0.05, 0.1) is 17.9 Å². The standard InChI is InChI=1S/C25H24F2N4O3/c1-25(10-11-25)34-24(33)31-20-9-8-16(17-6-4-12-29-21(17)14-30-23(28)32)18(22(20)27)13-15-5-2-3-7-19(15)26/h2-9,12H,10-11,13-14H2,1H3,(H,31,33)(H3,28,30,32). The minimum Gasteiger partial charge on any atom is -0.443 e. The van der Waals surface area contributed by atoms with Crippen molar-refractivity contribution in [3.8, 4) is 11.1 Å². The molecule has 3 amide bonds. The molecule has 9 heteroatoms. The fraction of sp³-hybridized carbons (Fsp3) is 0.240. The first-order chi connectivity index (χ1) is 16.3. The fourth-order valence-corrected chi connectivity index (χ4v) is 3.61. The lowest BCUT2D eigenvalue weighted by Gasteiger charge is -2.18. The van der Waals surface area contributed by atoms with Crippen LogP contribution >= 0.6 is 0 Å². The molecule has 0 unspecified atom stereocenters. The topological polar surface area (TPSA) is 106 Å². The number of pyridine rings is 1. The van der Waals surface area contributed by atoms with Crippen LogP contribution in [0.1, 0.15) is 36.6 Å². The highest BCUT2D eigenvalue weighted by Gasteiger charge is 2.41. The number of urea groups is 1. The molecule has 1 heterocycles. The number of benzene rings is 2. The maximum Gasteiger partial charge on any atom is 0.412 e. The van der Waals surface area contributed by atoms with Crippen molar-refractivity contribution in [3.05, 3.63) is 83.2 Å². The van der Waals surface area contributed by atoms with E-state index in [0.29, 0.717) is 16.8 Å². The number of carbonyl (C=O) groups excluding carboxylic acids is 2. The van der Waals surface area contributed by atoms with E-state index < -0.39 is 29.4 Å². The molecule has 4 N–H and O–H groups in total. The quantitative estimate of drug-likeness (QED) is 0.461. The van der Waals surface area contributed by atoms with Crippen LogP contribution in [0, 0.1) is 11.6 Å². The summed E-state index contributed by atoms with van der Waals surface area (Å²) in [4.78, 5) is 27.8. The summed E-state index contributed by atoms with van der Waals surface area (Å²) in [6.45, 7) is 1.83. The molecule has 7 nitrogen and oxygen atoms in total. The van der Waals surface area contributed by atoms with Gasteiger partial charge >= 0.3 is 12.1 Å². The highest BCUT2D eigenvalue weighted by atomic mass is 19.1. The number of hydrogen-bond donors (Lipinski definition) is 3. The molecular formula is C25H24F2N4O3. The molecule has 0 saturated heterocycles. The van der Waals surface area contributed by atoms with E-state index in [0.717, 1.165) is 12.8 Å². The number of halogens is 2. The van der Waals surface area contributed by atoms with Gasteiger partial charge in [-0.15, -0.1) is 0 Å². The van der Waals surface area contributed by atoms with Crippen molar-refractivity contribution < 1.29 is 23.1 Å². The number of nitrogens with one attached hydrogen (secondary N) is 2. The molecule has 1 saturated carbocycles. The molecule has 1 aliphatic carbocycles. The van der Waals surface area contributed by atoms with Gasteiger partial charge in [-0.1, -0.05) is 30.3 Å². The molecule has 176 valence electrons. The molecule has 34 heavy (non-hydrogen) atoms. The van der Waals surface area contributed by atoms with Crippen molar-refractivity contribution in [2.75, 3.05) is 5.32 Å². The van der Waals surface area contributed by atoms with E-state index >= 15 is 4.39 Å². The second-order valence-corrected chi connectivity index (χ2v) is 8.40. The van der Waals surface area contributed by atoms with Gasteiger partial charge in [-0.3, -0.25) is 10.3 Å². The van der Waals surface area contributed by atoms with Crippen LogP contribution < -0.4 is 16.4 Å². The van der Waals surface area contributed by atoms with Gasteiger partial charge in [-0.05, 0) is 49.1 Å². The number of anilines is 1. The Hall–Kier alpha value is -4.01. The van der Waals surface area contributed by atoms with Gasteiger partial charge in [-0.25, -0.2) is 18.4 Å². The number of rotatable bonds is 7. The molecule has 4 rings (SSSR count). The zero-order valence-electron chi connectivity index (χ0n) is 18.5. The predicted molar refractivity (Wildman–Crippen MR) is 123 cm³/mol. The van der Waals surface area contributed by atoms with Gasteiger partial charge in [0.2, 0.25) is 0 Å². The molecule has 3 aromatic rings. The van der Waals surface area contributed by atoms with Crippen LogP contribution in [0.5, 0.6) is 0 Å². The molecule has 0 radical (unpaired) electrons. The Kier molecular flexibility index (Phi) is 6.45. The predicted octanol–water partition coefficient (Wildman–Crippen LogP) is 4.89. The lowest BCUT2D eigenvalue weighted by Crippen LogP contribution is -2.29. The Morgan fingerprint density at radius 3 is 2.56 bits per heavy atom. The van der Waals surface area contributed by atoms with Crippen molar-refractivity contribution in [2.45, 2.75) is 38.3 Å². The summed E-state index contributed by atoms with van der Waals surface area (Å²) >= 11 is 0. The van der Waals surface area contributed by atoms with Crippen molar-refractivity contribution in [2.24, 2.45) is 5.73 Å². The molecular weight excluding hydrogens is 442 g/mol. The average molecular weight is 466 g/mol. The third-order valence-electron chi connectivity index (χ3n) is 5.71. The molecule has 2 aromatic carbocycles. The maximum atomic E-state index is 15.8. The van der Waals surface area contributed by atoms with E-state index in [9.17, 15) is 14.0 Å². The Labute approximate surface area is 195 Å². The zero-order chi connectivity index (χ0) is 24.3. The minimum atomic E-state index is -0.754. The van der Waals surface area contributed by atoms with Gasteiger partial charge in [0, 0.05) is 23.7 Å². The number of primary amides is 1. The average Bonchev–Trinajstić information content (AvgIpc) is 3.53. The van der Waals surface area contributed by atoms with Crippen LogP contribution in [0.3, 0.4) is 0 Å². The first-order valence-corrected chi connectivity index (χ1v) is 10.8. The highest BCUT2D eigenvalue weighted by molar-refractivity contribution is 5.86. The highest BCUT2D eigenvalue weighted by Crippen LogP contribution is 2.39. The summed E-state index contributed by atoms with van der Waals surface area (Å²) in [6, 6.07) is 11.8. The van der Waals surface area contributed by atoms with Gasteiger partial charge in [-0.2, -0.15) is 0 Å². The molecule has 0 bridgehead atoms. The summed E-state index contributed by atoms with van der Waals surface area (Å²) < 4.78 is 35.6. The number of ether oxygens (including phenoxy) is 1. The normalized spacial score (nSPS) is 13.7. The number of hydrogen-bond acceptors (Lipinski definition) is 4. The van der Waals surface area contributed by atoms with Crippen LogP contribution in [-0.4, -0.2) is 22.7 Å². The van der Waals surface area contributed by atoms with E-state index in [1.807, 2.05) is 0 Å². The van der Waals surface area contributed by atoms with E-state index in [1.54, 1.807) is 49.5 Å². The van der Waals surface area contributed by atoms with Gasteiger partial charge in [0.1, 0.15) is 11.4 Å². The lowest BCUT2D eigenvalue weighted by molar-refractivity contribution is 0.107. The Morgan fingerprint density at radius 2 is 1.85 bits per heavy atom. The summed E-state index contributed by atoms with van der Waals surface area (Å²) in [5.41, 5.74) is 6.48. The van der Waals surface area contributed by atoms with Gasteiger partial charge in [0.15, 0.2) is 5.82 Å². The lowest BCUT2D eigenvalue weighted by atomic mass is 9.92. The van der Waals surface area contributed by atoms with Gasteiger partial charge < -0.3 is 15.8 Å². The molecule has 1 aromatic heterocycles. The summed E-state index contributed by atoms with van der Waals surface area (Å²) in [7, 11) is 0. The molecule has 1 fully saturated rings. The number of nitrogens with two attached hydrogens (primary N) is 1. The zero-order valence-corrected chi connectivity index (χ0v) is 18.5.